The quantitative estimate of drug-likeness (QED) is 0.707. The molecule has 1 aliphatic rings. The molecule has 1 heterocycles. The molecule has 1 aromatic carbocycles. The molecular formula is C19H14BrClN2O4. The number of nitrogens with zero attached hydrogens (tertiary/aromatic N) is 1. The van der Waals surface area contributed by atoms with Gasteiger partial charge in [0, 0.05) is 15.9 Å². The van der Waals surface area contributed by atoms with Crippen LogP contribution in [-0.2, 0) is 4.74 Å². The number of Topliss-reactive ketones (excluding diaryl/α,β-unsaturated/α-hetero) is 2. The number of aromatic nitrogens is 1. The number of hydrogen-bond acceptors (Lipinski definition) is 6. The molecule has 0 unspecified atom stereocenters. The lowest BCUT2D eigenvalue weighted by molar-refractivity contribution is 0.0596. The van der Waals surface area contributed by atoms with E-state index in [9.17, 15) is 14.4 Å². The van der Waals surface area contributed by atoms with Gasteiger partial charge in [-0.15, -0.1) is 0 Å². The van der Waals surface area contributed by atoms with Gasteiger partial charge in [-0.05, 0) is 38.1 Å². The minimum Gasteiger partial charge on any atom is -0.465 e. The second-order valence-corrected chi connectivity index (χ2v) is 7.17. The van der Waals surface area contributed by atoms with E-state index in [-0.39, 0.29) is 27.4 Å². The number of allylic oxidation sites excluding steroid dienone is 2. The highest BCUT2D eigenvalue weighted by Gasteiger charge is 2.38. The molecule has 0 saturated heterocycles. The van der Waals surface area contributed by atoms with E-state index in [1.807, 2.05) is 0 Å². The summed E-state index contributed by atoms with van der Waals surface area (Å²) in [6.45, 7) is 3.18. The summed E-state index contributed by atoms with van der Waals surface area (Å²) in [4.78, 5) is 42.4. The van der Waals surface area contributed by atoms with Gasteiger partial charge in [-0.2, -0.15) is 0 Å². The first-order chi connectivity index (χ1) is 12.8. The van der Waals surface area contributed by atoms with Crippen LogP contribution in [0.5, 0.6) is 0 Å². The van der Waals surface area contributed by atoms with Gasteiger partial charge in [-0.1, -0.05) is 27.5 Å². The number of ketones is 2. The number of aryl methyl sites for hydroxylation is 2. The van der Waals surface area contributed by atoms with Gasteiger partial charge in [0.15, 0.2) is 0 Å². The lowest BCUT2D eigenvalue weighted by atomic mass is 9.87. The third-order valence-corrected chi connectivity index (χ3v) is 5.05. The maximum absolute atomic E-state index is 13.1. The fourth-order valence-corrected chi connectivity index (χ4v) is 3.44. The molecule has 8 heteroatoms. The van der Waals surface area contributed by atoms with E-state index in [0.717, 1.165) is 4.47 Å². The minimum absolute atomic E-state index is 0.0442. The van der Waals surface area contributed by atoms with Crippen LogP contribution in [0.15, 0.2) is 39.5 Å². The highest BCUT2D eigenvalue weighted by atomic mass is 79.9. The molecule has 0 saturated carbocycles. The van der Waals surface area contributed by atoms with E-state index in [4.69, 9.17) is 16.3 Å². The molecule has 0 fully saturated rings. The fourth-order valence-electron chi connectivity index (χ4n) is 2.94. The number of halogens is 2. The fraction of sp³-hybridized carbons (Fsp3) is 0.158. The lowest BCUT2D eigenvalue weighted by Crippen LogP contribution is -2.29. The Morgan fingerprint density at radius 1 is 1.07 bits per heavy atom. The predicted octanol–water partition coefficient (Wildman–Crippen LogP) is 4.19. The number of anilines is 1. The van der Waals surface area contributed by atoms with Gasteiger partial charge in [0.1, 0.15) is 10.7 Å². The molecule has 6 nitrogen and oxygen atoms in total. The summed E-state index contributed by atoms with van der Waals surface area (Å²) in [5, 5.41) is 2.61. The Labute approximate surface area is 168 Å². The van der Waals surface area contributed by atoms with Gasteiger partial charge in [0.2, 0.25) is 11.6 Å². The van der Waals surface area contributed by atoms with Gasteiger partial charge in [-0.3, -0.25) is 14.6 Å². The van der Waals surface area contributed by atoms with E-state index in [1.54, 1.807) is 38.1 Å². The molecule has 0 radical (unpaired) electrons. The number of ether oxygens (including phenoxy) is 1. The number of fused-ring (bicyclic) bond motifs is 1. The van der Waals surface area contributed by atoms with Crippen molar-refractivity contribution in [2.45, 2.75) is 13.8 Å². The third-order valence-electron chi connectivity index (χ3n) is 4.16. The second-order valence-electron chi connectivity index (χ2n) is 5.88. The van der Waals surface area contributed by atoms with Crippen molar-refractivity contribution in [2.24, 2.45) is 0 Å². The van der Waals surface area contributed by atoms with Crippen LogP contribution in [0.1, 0.15) is 42.5 Å². The summed E-state index contributed by atoms with van der Waals surface area (Å²) in [5.41, 5.74) is 1.11. The third kappa shape index (κ3) is 3.28. The normalized spacial score (nSPS) is 13.5. The highest BCUT2D eigenvalue weighted by Crippen LogP contribution is 2.34. The Hall–Kier alpha value is -2.51. The Kier molecular flexibility index (Phi) is 5.17. The summed E-state index contributed by atoms with van der Waals surface area (Å²) < 4.78 is 5.62. The standard InChI is InChI=1S/C19H14BrClN2O4/c1-8-12-14(13(9(2)22-8)19(26)27-3)17(24)15(21)16(18(12)25)23-11-6-4-10(20)5-7-11/h4-7,23H,1-3H3. The maximum atomic E-state index is 13.1. The minimum atomic E-state index is -0.744. The molecule has 0 spiro atoms. The largest absolute Gasteiger partial charge is 0.465 e. The molecule has 0 atom stereocenters. The van der Waals surface area contributed by atoms with Gasteiger partial charge >= 0.3 is 5.97 Å². The average molecular weight is 450 g/mol. The van der Waals surface area contributed by atoms with Crippen LogP contribution >= 0.6 is 27.5 Å². The van der Waals surface area contributed by atoms with Gasteiger partial charge in [-0.25, -0.2) is 4.79 Å². The van der Waals surface area contributed by atoms with E-state index in [0.29, 0.717) is 17.1 Å². The zero-order chi connectivity index (χ0) is 19.9. The zero-order valence-electron chi connectivity index (χ0n) is 14.6. The smallest absolute Gasteiger partial charge is 0.340 e. The number of benzene rings is 1. The Morgan fingerprint density at radius 2 is 1.70 bits per heavy atom. The first-order valence-corrected chi connectivity index (χ1v) is 9.04. The van der Waals surface area contributed by atoms with Crippen molar-refractivity contribution in [1.82, 2.24) is 4.98 Å². The van der Waals surface area contributed by atoms with Crippen LogP contribution in [0.25, 0.3) is 0 Å². The Bertz CT molecular complexity index is 1030. The molecule has 1 aliphatic carbocycles. The SMILES string of the molecule is COC(=O)c1c(C)nc(C)c2c1C(=O)C(Cl)=C(Nc1ccc(Br)cc1)C2=O. The van der Waals surface area contributed by atoms with Gasteiger partial charge in [0.25, 0.3) is 0 Å². The topological polar surface area (TPSA) is 85.4 Å². The molecule has 0 amide bonds. The first-order valence-electron chi connectivity index (χ1n) is 7.87. The monoisotopic (exact) mass is 448 g/mol. The number of pyridine rings is 1. The summed E-state index contributed by atoms with van der Waals surface area (Å²) in [6, 6.07) is 7.03. The molecule has 1 N–H and O–H groups in total. The molecule has 3 rings (SSSR count). The van der Waals surface area contributed by atoms with Crippen molar-refractivity contribution in [1.29, 1.82) is 0 Å². The van der Waals surface area contributed by atoms with Crippen molar-refractivity contribution in [3.8, 4) is 0 Å². The molecule has 0 bridgehead atoms. The Balaban J connectivity index is 2.18. The van der Waals surface area contributed by atoms with Crippen molar-refractivity contribution in [2.75, 3.05) is 12.4 Å². The van der Waals surface area contributed by atoms with Crippen LogP contribution in [0.3, 0.4) is 0 Å². The van der Waals surface area contributed by atoms with Crippen LogP contribution in [-0.4, -0.2) is 29.6 Å². The molecule has 27 heavy (non-hydrogen) atoms. The van der Waals surface area contributed by atoms with Crippen molar-refractivity contribution in [3.05, 3.63) is 67.5 Å². The summed E-state index contributed by atoms with van der Waals surface area (Å²) in [7, 11) is 1.20. The summed E-state index contributed by atoms with van der Waals surface area (Å²) >= 11 is 9.56. The molecule has 138 valence electrons. The number of rotatable bonds is 3. The van der Waals surface area contributed by atoms with E-state index in [2.05, 4.69) is 26.2 Å². The number of methoxy groups -OCH3 is 1. The number of carbonyl (C=O) groups is 3. The molecule has 1 aromatic heterocycles. The van der Waals surface area contributed by atoms with E-state index < -0.39 is 17.5 Å². The first kappa shape index (κ1) is 19.3. The highest BCUT2D eigenvalue weighted by molar-refractivity contribution is 9.10. The Morgan fingerprint density at radius 3 is 2.30 bits per heavy atom. The number of hydrogen-bond donors (Lipinski definition) is 1. The lowest BCUT2D eigenvalue weighted by Gasteiger charge is -2.22. The number of carbonyl (C=O) groups excluding carboxylic acids is 3. The summed E-state index contributed by atoms with van der Waals surface area (Å²) in [5.74, 6) is -1.88. The average Bonchev–Trinajstić information content (AvgIpc) is 2.63. The maximum Gasteiger partial charge on any atom is 0.340 e. The second kappa shape index (κ2) is 7.25. The molecule has 0 aliphatic heterocycles. The number of esters is 1. The predicted molar refractivity (Wildman–Crippen MR) is 104 cm³/mol. The van der Waals surface area contributed by atoms with E-state index >= 15 is 0 Å². The number of nitrogens with one attached hydrogen (secondary N) is 1. The van der Waals surface area contributed by atoms with Crippen molar-refractivity contribution < 1.29 is 19.1 Å². The van der Waals surface area contributed by atoms with Crippen LogP contribution in [0, 0.1) is 13.8 Å². The summed E-state index contributed by atoms with van der Waals surface area (Å²) in [6.07, 6.45) is 0. The molecular weight excluding hydrogens is 436 g/mol. The van der Waals surface area contributed by atoms with Crippen molar-refractivity contribution >= 4 is 50.8 Å². The van der Waals surface area contributed by atoms with Gasteiger partial charge in [0.05, 0.1) is 29.5 Å². The van der Waals surface area contributed by atoms with Crippen LogP contribution in [0.4, 0.5) is 5.69 Å². The van der Waals surface area contributed by atoms with Crippen molar-refractivity contribution in [3.63, 3.8) is 0 Å². The van der Waals surface area contributed by atoms with Crippen LogP contribution in [0.2, 0.25) is 0 Å². The van der Waals surface area contributed by atoms with Gasteiger partial charge < -0.3 is 10.1 Å². The van der Waals surface area contributed by atoms with E-state index in [1.165, 1.54) is 7.11 Å². The molecule has 2 aromatic rings. The zero-order valence-corrected chi connectivity index (χ0v) is 17.0. The van der Waals surface area contributed by atoms with Crippen LogP contribution < -0.4 is 5.32 Å².